The summed E-state index contributed by atoms with van der Waals surface area (Å²) >= 11 is 0. The molecule has 292 valence electrons. The van der Waals surface area contributed by atoms with Crippen molar-refractivity contribution >= 4 is 65.4 Å². The summed E-state index contributed by atoms with van der Waals surface area (Å²) in [7, 11) is 0. The van der Waals surface area contributed by atoms with Crippen LogP contribution in [0.25, 0.3) is 128 Å². The molecular formula is C58H35N5. The zero-order valence-corrected chi connectivity index (χ0v) is 33.9. The standard InChI is InChI=1S/C58H35N5/c1-2-18-37-36(17-1)38-19-3-5-21-40(38)47-33-49-46-27-11-14-30-52(46)62(55(49)34-48(47)41-22-6-4-20-39(37)41)57-35-56(61-50-28-12-7-23-42(50)43-24-8-13-29-51(43)61)59-58(60-57)63-53-31-15-9-25-44(53)45-26-10-16-32-54(45)63/h1-35H. The van der Waals surface area contributed by atoms with Gasteiger partial charge in [-0.1, -0.05) is 164 Å². The predicted molar refractivity (Wildman–Crippen MR) is 260 cm³/mol. The molecule has 0 spiro atoms. The Morgan fingerprint density at radius 1 is 0.222 bits per heavy atom. The highest BCUT2D eigenvalue weighted by molar-refractivity contribution is 6.15. The van der Waals surface area contributed by atoms with Gasteiger partial charge in [-0.05, 0) is 87.0 Å². The first-order chi connectivity index (χ1) is 31.3. The lowest BCUT2D eigenvalue weighted by molar-refractivity contribution is 0.918. The van der Waals surface area contributed by atoms with Crippen LogP contribution in [0.1, 0.15) is 0 Å². The van der Waals surface area contributed by atoms with Crippen LogP contribution in [0.15, 0.2) is 212 Å². The second-order valence-corrected chi connectivity index (χ2v) is 16.5. The number of rotatable bonds is 3. The lowest BCUT2D eigenvalue weighted by Crippen LogP contribution is -2.10. The maximum atomic E-state index is 5.65. The average molecular weight is 802 g/mol. The smallest absolute Gasteiger partial charge is 0.238 e. The Morgan fingerprint density at radius 2 is 0.508 bits per heavy atom. The van der Waals surface area contributed by atoms with Gasteiger partial charge in [-0.15, -0.1) is 0 Å². The van der Waals surface area contributed by atoms with Gasteiger partial charge in [-0.3, -0.25) is 13.7 Å². The Hall–Kier alpha value is -8.54. The molecule has 0 aliphatic heterocycles. The molecule has 4 heterocycles. The van der Waals surface area contributed by atoms with E-state index in [1.165, 1.54) is 66.1 Å². The van der Waals surface area contributed by atoms with E-state index in [1.807, 2.05) is 0 Å². The monoisotopic (exact) mass is 801 g/mol. The number of hydrogen-bond acceptors (Lipinski definition) is 2. The maximum Gasteiger partial charge on any atom is 0.238 e. The van der Waals surface area contributed by atoms with E-state index in [0.717, 1.165) is 55.5 Å². The lowest BCUT2D eigenvalue weighted by Gasteiger charge is -2.23. The minimum absolute atomic E-state index is 0.606. The van der Waals surface area contributed by atoms with Crippen molar-refractivity contribution in [1.82, 2.24) is 23.7 Å². The van der Waals surface area contributed by atoms with E-state index >= 15 is 0 Å². The minimum atomic E-state index is 0.606. The first-order valence-electron chi connectivity index (χ1n) is 21.5. The SMILES string of the molecule is c1ccc2c(c1)-c1ccccc1-c1cc3c4ccccc4n(-c4cc(-n5c6ccccc6c6ccccc65)nc(-n5c6ccccc6c6ccccc65)n4)c3cc1-c1ccccc1-2. The molecule has 1 aliphatic rings. The molecule has 0 saturated carbocycles. The maximum absolute atomic E-state index is 5.65. The molecule has 1 aliphatic carbocycles. The Balaban J connectivity index is 1.13. The molecule has 0 unspecified atom stereocenters. The Bertz CT molecular complexity index is 3810. The van der Waals surface area contributed by atoms with Gasteiger partial charge >= 0.3 is 0 Å². The minimum Gasteiger partial charge on any atom is -0.294 e. The van der Waals surface area contributed by atoms with Crippen LogP contribution in [0.4, 0.5) is 0 Å². The Kier molecular flexibility index (Phi) is 7.05. The van der Waals surface area contributed by atoms with Gasteiger partial charge in [0.15, 0.2) is 0 Å². The summed E-state index contributed by atoms with van der Waals surface area (Å²) in [4.78, 5) is 11.2. The summed E-state index contributed by atoms with van der Waals surface area (Å²) in [5, 5.41) is 7.03. The Morgan fingerprint density at radius 3 is 0.905 bits per heavy atom. The van der Waals surface area contributed by atoms with Crippen molar-refractivity contribution in [2.45, 2.75) is 0 Å². The highest BCUT2D eigenvalue weighted by Gasteiger charge is 2.26. The lowest BCUT2D eigenvalue weighted by atomic mass is 9.80. The molecule has 5 nitrogen and oxygen atoms in total. The van der Waals surface area contributed by atoms with Crippen molar-refractivity contribution in [3.63, 3.8) is 0 Å². The van der Waals surface area contributed by atoms with E-state index < -0.39 is 0 Å². The van der Waals surface area contributed by atoms with Gasteiger partial charge in [0.2, 0.25) is 5.95 Å². The number of aromatic nitrogens is 5. The van der Waals surface area contributed by atoms with Crippen LogP contribution < -0.4 is 0 Å². The van der Waals surface area contributed by atoms with Crippen molar-refractivity contribution in [1.29, 1.82) is 0 Å². The van der Waals surface area contributed by atoms with Crippen molar-refractivity contribution in [2.24, 2.45) is 0 Å². The second kappa shape index (κ2) is 13.0. The largest absolute Gasteiger partial charge is 0.294 e. The molecule has 0 N–H and O–H groups in total. The zero-order valence-electron chi connectivity index (χ0n) is 33.9. The summed E-state index contributed by atoms with van der Waals surface area (Å²) in [5.41, 5.74) is 16.2. The van der Waals surface area contributed by atoms with Gasteiger partial charge in [0, 0.05) is 38.4 Å². The molecule has 0 saturated heterocycles. The molecule has 9 aromatic carbocycles. The van der Waals surface area contributed by atoms with E-state index in [-0.39, 0.29) is 0 Å². The first-order valence-corrected chi connectivity index (χ1v) is 21.5. The van der Waals surface area contributed by atoms with Crippen LogP contribution in [0.3, 0.4) is 0 Å². The highest BCUT2D eigenvalue weighted by atomic mass is 15.2. The fraction of sp³-hybridized carbons (Fsp3) is 0. The number of para-hydroxylation sites is 5. The normalized spacial score (nSPS) is 12.1. The van der Waals surface area contributed by atoms with Gasteiger partial charge < -0.3 is 0 Å². The predicted octanol–water partition coefficient (Wildman–Crippen LogP) is 14.7. The number of hydrogen-bond donors (Lipinski definition) is 0. The van der Waals surface area contributed by atoms with Gasteiger partial charge in [0.25, 0.3) is 0 Å². The summed E-state index contributed by atoms with van der Waals surface area (Å²) in [6.07, 6.45) is 0. The molecular weight excluding hydrogens is 767 g/mol. The third kappa shape index (κ3) is 4.82. The van der Waals surface area contributed by atoms with Gasteiger partial charge in [-0.25, -0.2) is 0 Å². The highest BCUT2D eigenvalue weighted by Crippen LogP contribution is 2.50. The van der Waals surface area contributed by atoms with Crippen molar-refractivity contribution in [3.05, 3.63) is 212 Å². The summed E-state index contributed by atoms with van der Waals surface area (Å²) < 4.78 is 6.91. The van der Waals surface area contributed by atoms with Gasteiger partial charge in [-0.2, -0.15) is 9.97 Å². The van der Waals surface area contributed by atoms with E-state index in [9.17, 15) is 0 Å². The van der Waals surface area contributed by atoms with Crippen LogP contribution in [0.2, 0.25) is 0 Å². The fourth-order valence-corrected chi connectivity index (χ4v) is 10.6. The molecule has 14 rings (SSSR count). The summed E-state index contributed by atoms with van der Waals surface area (Å²) in [6.45, 7) is 0. The third-order valence-corrected chi connectivity index (χ3v) is 13.3. The van der Waals surface area contributed by atoms with Crippen molar-refractivity contribution in [3.8, 4) is 62.1 Å². The molecule has 13 aromatic rings. The van der Waals surface area contributed by atoms with Crippen LogP contribution >= 0.6 is 0 Å². The van der Waals surface area contributed by atoms with E-state index in [0.29, 0.717) is 5.95 Å². The van der Waals surface area contributed by atoms with Crippen LogP contribution in [0.5, 0.6) is 0 Å². The van der Waals surface area contributed by atoms with Crippen LogP contribution in [-0.2, 0) is 0 Å². The van der Waals surface area contributed by atoms with E-state index in [1.54, 1.807) is 0 Å². The van der Waals surface area contributed by atoms with Crippen LogP contribution in [0, 0.1) is 0 Å². The quantitative estimate of drug-likeness (QED) is 0.179. The summed E-state index contributed by atoms with van der Waals surface area (Å²) in [5.74, 6) is 2.19. The van der Waals surface area contributed by atoms with E-state index in [2.05, 4.69) is 226 Å². The van der Waals surface area contributed by atoms with Crippen molar-refractivity contribution < 1.29 is 0 Å². The van der Waals surface area contributed by atoms with E-state index in [4.69, 9.17) is 9.97 Å². The van der Waals surface area contributed by atoms with Crippen LogP contribution in [-0.4, -0.2) is 23.7 Å². The fourth-order valence-electron chi connectivity index (χ4n) is 10.6. The molecule has 0 amide bonds. The van der Waals surface area contributed by atoms with Crippen molar-refractivity contribution in [2.75, 3.05) is 0 Å². The van der Waals surface area contributed by atoms with Gasteiger partial charge in [0.05, 0.1) is 33.1 Å². The molecule has 5 heteroatoms. The molecule has 0 radical (unpaired) electrons. The number of benzene rings is 9. The summed E-state index contributed by atoms with van der Waals surface area (Å²) in [6, 6.07) is 76.8. The first kappa shape index (κ1) is 34.2. The molecule has 63 heavy (non-hydrogen) atoms. The molecule has 0 fully saturated rings. The average Bonchev–Trinajstić information content (AvgIpc) is 3.99. The topological polar surface area (TPSA) is 40.6 Å². The number of fused-ring (bicyclic) bond motifs is 17. The molecule has 0 atom stereocenters. The third-order valence-electron chi connectivity index (χ3n) is 13.3. The second-order valence-electron chi connectivity index (χ2n) is 16.5. The van der Waals surface area contributed by atoms with Gasteiger partial charge in [0.1, 0.15) is 11.6 Å². The molecule has 4 aromatic heterocycles. The number of nitrogens with zero attached hydrogens (tertiary/aromatic N) is 5. The zero-order chi connectivity index (χ0) is 41.2. The Labute approximate surface area is 362 Å². The molecule has 0 bridgehead atoms.